The van der Waals surface area contributed by atoms with Gasteiger partial charge in [0.25, 0.3) is 5.91 Å². The molecule has 0 saturated heterocycles. The van der Waals surface area contributed by atoms with Crippen molar-refractivity contribution >= 4 is 17.7 Å². The van der Waals surface area contributed by atoms with E-state index >= 15 is 0 Å². The first-order valence-electron chi connectivity index (χ1n) is 11.6. The average Bonchev–Trinajstić information content (AvgIpc) is 3.24. The van der Waals surface area contributed by atoms with E-state index in [1.807, 2.05) is 94.2 Å². The number of aliphatic hydroxyl groups excluding tert-OH is 1. The van der Waals surface area contributed by atoms with Crippen LogP contribution in [-0.2, 0) is 4.79 Å². The Morgan fingerprint density at radius 1 is 1.09 bits per heavy atom. The summed E-state index contributed by atoms with van der Waals surface area (Å²) in [4.78, 5) is 26.7. The van der Waals surface area contributed by atoms with E-state index in [1.165, 1.54) is 0 Å². The van der Waals surface area contributed by atoms with E-state index in [9.17, 15) is 19.8 Å². The molecule has 3 N–H and O–H groups in total. The van der Waals surface area contributed by atoms with Crippen molar-refractivity contribution < 1.29 is 19.8 Å². The second-order valence-corrected chi connectivity index (χ2v) is 9.88. The van der Waals surface area contributed by atoms with Crippen LogP contribution in [0.4, 0.5) is 5.82 Å². The Hall–Kier alpha value is -3.65. The van der Waals surface area contributed by atoms with Crippen LogP contribution in [0.15, 0.2) is 60.7 Å². The molecule has 0 aliphatic rings. The highest BCUT2D eigenvalue weighted by atomic mass is 16.4. The topological polar surface area (TPSA) is 108 Å². The molecule has 0 aliphatic carbocycles. The fourth-order valence-corrected chi connectivity index (χ4v) is 3.76. The van der Waals surface area contributed by atoms with Crippen molar-refractivity contribution in [3.63, 3.8) is 0 Å². The van der Waals surface area contributed by atoms with Gasteiger partial charge >= 0.3 is 5.97 Å². The van der Waals surface area contributed by atoms with Crippen LogP contribution in [0.3, 0.4) is 0 Å². The first kappa shape index (κ1) is 26.0. The summed E-state index contributed by atoms with van der Waals surface area (Å²) in [7, 11) is 1.84. The normalized spacial score (nSPS) is 13.2. The SMILES string of the molecule is Cc1ccccc1C(CC(=O)O)NC(=O)c1cc(N(C)C[C@@H](O)C(C)(C)C)n(-c2ccccc2)n1. The fourth-order valence-electron chi connectivity index (χ4n) is 3.76. The van der Waals surface area contributed by atoms with Gasteiger partial charge in [-0.05, 0) is 35.6 Å². The molecule has 0 spiro atoms. The maximum Gasteiger partial charge on any atom is 0.305 e. The average molecular weight is 479 g/mol. The number of nitrogens with one attached hydrogen (secondary N) is 1. The van der Waals surface area contributed by atoms with Crippen LogP contribution in [0, 0.1) is 12.3 Å². The summed E-state index contributed by atoms with van der Waals surface area (Å²) in [6.07, 6.45) is -0.856. The van der Waals surface area contributed by atoms with Gasteiger partial charge in [0.15, 0.2) is 5.69 Å². The standard InChI is InChI=1S/C27H34N4O4/c1-18-11-9-10-14-20(18)21(16-25(33)34)28-26(35)22-15-24(30(5)17-23(32)27(2,3)4)31(29-22)19-12-7-6-8-13-19/h6-15,21,23,32H,16-17H2,1-5H3,(H,28,35)(H,33,34)/t21?,23-/m1/s1. The molecule has 1 heterocycles. The van der Waals surface area contributed by atoms with E-state index in [0.29, 0.717) is 12.4 Å². The lowest BCUT2D eigenvalue weighted by Gasteiger charge is -2.30. The molecule has 1 unspecified atom stereocenters. The molecule has 2 atom stereocenters. The molecule has 3 aromatic rings. The zero-order valence-electron chi connectivity index (χ0n) is 20.9. The van der Waals surface area contributed by atoms with Gasteiger partial charge in [-0.2, -0.15) is 5.10 Å². The lowest BCUT2D eigenvalue weighted by Crippen LogP contribution is -2.38. The number of aryl methyl sites for hydroxylation is 1. The highest BCUT2D eigenvalue weighted by molar-refractivity contribution is 5.94. The quantitative estimate of drug-likeness (QED) is 0.430. The van der Waals surface area contributed by atoms with Crippen molar-refractivity contribution in [1.29, 1.82) is 0 Å². The minimum Gasteiger partial charge on any atom is -0.481 e. The van der Waals surface area contributed by atoms with E-state index in [-0.39, 0.29) is 17.5 Å². The number of rotatable bonds is 9. The number of aliphatic carboxylic acids is 1. The Labute approximate surface area is 206 Å². The maximum atomic E-state index is 13.3. The van der Waals surface area contributed by atoms with Gasteiger partial charge < -0.3 is 20.4 Å². The zero-order valence-corrected chi connectivity index (χ0v) is 20.9. The number of likely N-dealkylation sites (N-methyl/N-ethyl adjacent to an activating group) is 1. The van der Waals surface area contributed by atoms with E-state index in [1.54, 1.807) is 10.7 Å². The van der Waals surface area contributed by atoms with Crippen molar-refractivity contribution in [2.45, 2.75) is 46.3 Å². The maximum absolute atomic E-state index is 13.3. The van der Waals surface area contributed by atoms with Crippen molar-refractivity contribution in [1.82, 2.24) is 15.1 Å². The number of hydrogen-bond acceptors (Lipinski definition) is 5. The van der Waals surface area contributed by atoms with Gasteiger partial charge in [-0.1, -0.05) is 63.2 Å². The van der Waals surface area contributed by atoms with Crippen molar-refractivity contribution in [2.24, 2.45) is 5.41 Å². The van der Waals surface area contributed by atoms with Crippen LogP contribution in [0.5, 0.6) is 0 Å². The largest absolute Gasteiger partial charge is 0.481 e. The number of hydrogen-bond donors (Lipinski definition) is 3. The minimum atomic E-state index is -1.01. The van der Waals surface area contributed by atoms with Gasteiger partial charge in [0, 0.05) is 19.7 Å². The second-order valence-electron chi connectivity index (χ2n) is 9.88. The summed E-state index contributed by atoms with van der Waals surface area (Å²) in [6.45, 7) is 8.12. The van der Waals surface area contributed by atoms with Gasteiger partial charge in [0.1, 0.15) is 5.82 Å². The molecule has 1 aromatic heterocycles. The Bertz CT molecular complexity index is 1170. The summed E-state index contributed by atoms with van der Waals surface area (Å²) < 4.78 is 1.66. The molecular weight excluding hydrogens is 444 g/mol. The van der Waals surface area contributed by atoms with Crippen LogP contribution in [-0.4, -0.2) is 51.6 Å². The zero-order chi connectivity index (χ0) is 25.8. The third kappa shape index (κ3) is 6.48. The number of carbonyl (C=O) groups excluding carboxylic acids is 1. The summed E-state index contributed by atoms with van der Waals surface area (Å²) in [6, 6.07) is 17.8. The van der Waals surface area contributed by atoms with Crippen LogP contribution in [0.1, 0.15) is 54.8 Å². The molecule has 35 heavy (non-hydrogen) atoms. The number of nitrogens with zero attached hydrogens (tertiary/aromatic N) is 3. The van der Waals surface area contributed by atoms with Gasteiger partial charge in [0.2, 0.25) is 0 Å². The van der Waals surface area contributed by atoms with Crippen molar-refractivity contribution in [2.75, 3.05) is 18.5 Å². The molecule has 1 amide bonds. The molecule has 0 bridgehead atoms. The van der Waals surface area contributed by atoms with Crippen LogP contribution in [0.2, 0.25) is 0 Å². The number of benzene rings is 2. The third-order valence-corrected chi connectivity index (χ3v) is 6.01. The van der Waals surface area contributed by atoms with E-state index in [0.717, 1.165) is 16.8 Å². The lowest BCUT2D eigenvalue weighted by molar-refractivity contribution is -0.137. The Morgan fingerprint density at radius 3 is 2.31 bits per heavy atom. The number of aromatic nitrogens is 2. The van der Waals surface area contributed by atoms with Crippen molar-refractivity contribution in [3.8, 4) is 5.69 Å². The smallest absolute Gasteiger partial charge is 0.305 e. The summed E-state index contributed by atoms with van der Waals surface area (Å²) >= 11 is 0. The van der Waals surface area contributed by atoms with Gasteiger partial charge in [-0.15, -0.1) is 0 Å². The molecule has 186 valence electrons. The number of aliphatic hydroxyl groups is 1. The Kier molecular flexibility index (Phi) is 7.96. The number of carbonyl (C=O) groups is 2. The number of carboxylic acid groups (broad SMARTS) is 1. The van der Waals surface area contributed by atoms with E-state index in [2.05, 4.69) is 10.4 Å². The molecular formula is C27H34N4O4. The molecule has 2 aromatic carbocycles. The highest BCUT2D eigenvalue weighted by Gasteiger charge is 2.27. The van der Waals surface area contributed by atoms with Crippen LogP contribution >= 0.6 is 0 Å². The number of amides is 1. The minimum absolute atomic E-state index is 0.157. The predicted octanol–water partition coefficient (Wildman–Crippen LogP) is 3.97. The van der Waals surface area contributed by atoms with Gasteiger partial charge in [0.05, 0.1) is 24.3 Å². The van der Waals surface area contributed by atoms with Crippen LogP contribution < -0.4 is 10.2 Å². The molecule has 3 rings (SSSR count). The Morgan fingerprint density at radius 2 is 1.71 bits per heavy atom. The highest BCUT2D eigenvalue weighted by Crippen LogP contribution is 2.26. The van der Waals surface area contributed by atoms with Gasteiger partial charge in [-0.25, -0.2) is 4.68 Å². The molecule has 0 radical (unpaired) electrons. The van der Waals surface area contributed by atoms with E-state index in [4.69, 9.17) is 0 Å². The van der Waals surface area contributed by atoms with Gasteiger partial charge in [-0.3, -0.25) is 9.59 Å². The summed E-state index contributed by atoms with van der Waals surface area (Å²) in [5.74, 6) is -0.847. The summed E-state index contributed by atoms with van der Waals surface area (Å²) in [5, 5.41) is 27.5. The molecule has 0 fully saturated rings. The number of carboxylic acids is 1. The van der Waals surface area contributed by atoms with Crippen LogP contribution in [0.25, 0.3) is 5.69 Å². The molecule has 0 aliphatic heterocycles. The molecule has 8 nitrogen and oxygen atoms in total. The first-order valence-corrected chi connectivity index (χ1v) is 11.6. The first-order chi connectivity index (χ1) is 16.5. The Balaban J connectivity index is 1.95. The molecule has 8 heteroatoms. The fraction of sp³-hybridized carbons (Fsp3) is 0.370. The number of anilines is 1. The monoisotopic (exact) mass is 478 g/mol. The number of para-hydroxylation sites is 1. The lowest BCUT2D eigenvalue weighted by atomic mass is 9.89. The van der Waals surface area contributed by atoms with Crippen molar-refractivity contribution in [3.05, 3.63) is 77.5 Å². The predicted molar refractivity (Wildman–Crippen MR) is 136 cm³/mol. The second kappa shape index (κ2) is 10.7. The molecule has 0 saturated carbocycles. The summed E-state index contributed by atoms with van der Waals surface area (Å²) in [5.41, 5.74) is 2.25. The third-order valence-electron chi connectivity index (χ3n) is 6.01. The van der Waals surface area contributed by atoms with E-state index < -0.39 is 24.0 Å².